The second kappa shape index (κ2) is 6.31. The Kier molecular flexibility index (Phi) is 3.76. The van der Waals surface area contributed by atoms with Crippen LogP contribution in [0.3, 0.4) is 0 Å². The molecule has 0 atom stereocenters. The number of rotatable bonds is 2. The van der Waals surface area contributed by atoms with Gasteiger partial charge in [0.25, 0.3) is 0 Å². The van der Waals surface area contributed by atoms with Gasteiger partial charge in [-0.2, -0.15) is 4.57 Å². The molecule has 3 heteroatoms. The monoisotopic (exact) mass is 364 g/mol. The van der Waals surface area contributed by atoms with E-state index in [2.05, 4.69) is 103 Å². The van der Waals surface area contributed by atoms with Crippen molar-refractivity contribution in [2.75, 3.05) is 0 Å². The molecule has 0 aliphatic carbocycles. The van der Waals surface area contributed by atoms with Crippen LogP contribution in [0.5, 0.6) is 0 Å². The third-order valence-electron chi connectivity index (χ3n) is 5.62. The maximum Gasteiger partial charge on any atom is 0.215 e. The van der Waals surface area contributed by atoms with Crippen LogP contribution >= 0.6 is 0 Å². The molecule has 28 heavy (non-hydrogen) atoms. The van der Waals surface area contributed by atoms with E-state index >= 15 is 0 Å². The number of fused-ring (bicyclic) bond motifs is 2. The van der Waals surface area contributed by atoms with Gasteiger partial charge in [0.15, 0.2) is 11.9 Å². The molecule has 0 aliphatic heterocycles. The normalized spacial score (nSPS) is 11.4. The minimum atomic E-state index is 1.01. The van der Waals surface area contributed by atoms with Crippen LogP contribution < -0.4 is 4.57 Å². The zero-order valence-electron chi connectivity index (χ0n) is 16.3. The lowest BCUT2D eigenvalue weighted by atomic mass is 9.96. The Bertz CT molecular complexity index is 1350. The molecule has 0 amide bonds. The van der Waals surface area contributed by atoms with Crippen molar-refractivity contribution in [2.45, 2.75) is 13.8 Å². The molecule has 0 N–H and O–H groups in total. The molecule has 0 fully saturated rings. The lowest BCUT2D eigenvalue weighted by Gasteiger charge is -2.13. The van der Waals surface area contributed by atoms with Crippen molar-refractivity contribution in [1.29, 1.82) is 0 Å². The predicted octanol–water partition coefficient (Wildman–Crippen LogP) is 5.29. The van der Waals surface area contributed by atoms with Crippen LogP contribution in [-0.4, -0.2) is 9.55 Å². The maximum atomic E-state index is 5.00. The van der Waals surface area contributed by atoms with Crippen molar-refractivity contribution in [3.63, 3.8) is 0 Å². The average molecular weight is 364 g/mol. The van der Waals surface area contributed by atoms with Crippen LogP contribution in [0.4, 0.5) is 0 Å². The van der Waals surface area contributed by atoms with Crippen molar-refractivity contribution >= 4 is 21.8 Å². The number of aromatic nitrogens is 3. The average Bonchev–Trinajstić information content (AvgIpc) is 3.05. The van der Waals surface area contributed by atoms with E-state index in [0.29, 0.717) is 0 Å². The summed E-state index contributed by atoms with van der Waals surface area (Å²) in [6.07, 6.45) is 2.13. The van der Waals surface area contributed by atoms with Gasteiger partial charge in [0.2, 0.25) is 5.69 Å². The first kappa shape index (κ1) is 16.7. The molecule has 0 saturated carbocycles. The second-order valence-electron chi connectivity index (χ2n) is 7.31. The number of aryl methyl sites for hydroxylation is 2. The minimum absolute atomic E-state index is 1.01. The van der Waals surface area contributed by atoms with E-state index in [0.717, 1.165) is 16.9 Å². The van der Waals surface area contributed by atoms with Crippen molar-refractivity contribution in [2.24, 2.45) is 7.05 Å². The molecule has 136 valence electrons. The van der Waals surface area contributed by atoms with E-state index in [1.54, 1.807) is 0 Å². The summed E-state index contributed by atoms with van der Waals surface area (Å²) in [4.78, 5) is 5.00. The molecule has 2 heterocycles. The Morgan fingerprint density at radius 3 is 2.43 bits per heavy atom. The first-order chi connectivity index (χ1) is 13.6. The molecule has 2 aromatic heterocycles. The summed E-state index contributed by atoms with van der Waals surface area (Å²) >= 11 is 0. The highest BCUT2D eigenvalue weighted by Crippen LogP contribution is 2.35. The highest BCUT2D eigenvalue weighted by Gasteiger charge is 2.22. The Labute approximate surface area is 164 Å². The van der Waals surface area contributed by atoms with E-state index in [1.165, 1.54) is 33.3 Å². The van der Waals surface area contributed by atoms with Gasteiger partial charge in [0.05, 0.1) is 11.0 Å². The Morgan fingerprint density at radius 1 is 0.857 bits per heavy atom. The Morgan fingerprint density at radius 2 is 1.61 bits per heavy atom. The van der Waals surface area contributed by atoms with Crippen LogP contribution in [0.2, 0.25) is 0 Å². The smallest absolute Gasteiger partial charge is 0.215 e. The summed E-state index contributed by atoms with van der Waals surface area (Å²) < 4.78 is 4.46. The number of para-hydroxylation sites is 2. The largest absolute Gasteiger partial charge is 0.327 e. The molecule has 5 rings (SSSR count). The SMILES string of the molecule is Cc1c(-[n+]2ccccc2C)cc2ccccc2c1-c1nc2ccccc2n1C. The number of imidazole rings is 1. The summed E-state index contributed by atoms with van der Waals surface area (Å²) in [5.74, 6) is 1.01. The molecule has 3 aromatic carbocycles. The van der Waals surface area contributed by atoms with Gasteiger partial charge >= 0.3 is 0 Å². The number of hydrogen-bond acceptors (Lipinski definition) is 1. The van der Waals surface area contributed by atoms with Gasteiger partial charge < -0.3 is 4.57 Å². The predicted molar refractivity (Wildman–Crippen MR) is 115 cm³/mol. The van der Waals surface area contributed by atoms with Gasteiger partial charge in [-0.25, -0.2) is 4.98 Å². The molecule has 0 aliphatic rings. The van der Waals surface area contributed by atoms with E-state index in [4.69, 9.17) is 4.98 Å². The van der Waals surface area contributed by atoms with E-state index in [9.17, 15) is 0 Å². The van der Waals surface area contributed by atoms with Crippen LogP contribution in [0, 0.1) is 13.8 Å². The zero-order valence-corrected chi connectivity index (χ0v) is 16.3. The standard InChI is InChI=1S/C25H22N3/c1-17-10-8-9-15-28(17)23-16-19-11-4-5-12-20(19)24(18(23)2)25-26-21-13-6-7-14-22(21)27(25)3/h4-16H,1-3H3/q+1. The number of pyridine rings is 1. The quantitative estimate of drug-likeness (QED) is 0.390. The number of benzene rings is 3. The van der Waals surface area contributed by atoms with Crippen molar-refractivity contribution < 1.29 is 4.57 Å². The highest BCUT2D eigenvalue weighted by molar-refractivity contribution is 6.00. The van der Waals surface area contributed by atoms with Gasteiger partial charge in [0.1, 0.15) is 5.82 Å². The molecule has 0 bridgehead atoms. The molecule has 0 unspecified atom stereocenters. The zero-order chi connectivity index (χ0) is 19.3. The van der Waals surface area contributed by atoms with Gasteiger partial charge in [-0.3, -0.25) is 0 Å². The van der Waals surface area contributed by atoms with Gasteiger partial charge in [-0.15, -0.1) is 0 Å². The Balaban J connectivity index is 1.91. The van der Waals surface area contributed by atoms with Gasteiger partial charge in [-0.1, -0.05) is 42.5 Å². The number of nitrogens with zero attached hydrogens (tertiary/aromatic N) is 3. The van der Waals surface area contributed by atoms with Crippen LogP contribution in [-0.2, 0) is 7.05 Å². The Hall–Kier alpha value is -3.46. The topological polar surface area (TPSA) is 21.7 Å². The van der Waals surface area contributed by atoms with Crippen LogP contribution in [0.1, 0.15) is 11.3 Å². The molecular weight excluding hydrogens is 342 g/mol. The summed E-state index contributed by atoms with van der Waals surface area (Å²) in [6, 6.07) is 25.5. The first-order valence-electron chi connectivity index (χ1n) is 9.57. The third kappa shape index (κ3) is 2.43. The number of hydrogen-bond donors (Lipinski definition) is 0. The van der Waals surface area contributed by atoms with Crippen LogP contribution in [0.25, 0.3) is 38.9 Å². The molecule has 0 spiro atoms. The molecule has 0 radical (unpaired) electrons. The fraction of sp³-hybridized carbons (Fsp3) is 0.120. The summed E-state index contributed by atoms with van der Waals surface area (Å²) in [6.45, 7) is 4.35. The van der Waals surface area contributed by atoms with Crippen molar-refractivity contribution in [1.82, 2.24) is 9.55 Å². The molecule has 0 saturated heterocycles. The van der Waals surface area contributed by atoms with Crippen molar-refractivity contribution in [3.8, 4) is 17.1 Å². The summed E-state index contributed by atoms with van der Waals surface area (Å²) in [5.41, 5.74) is 7.00. The minimum Gasteiger partial charge on any atom is -0.327 e. The fourth-order valence-corrected chi connectivity index (χ4v) is 4.14. The van der Waals surface area contributed by atoms with Crippen molar-refractivity contribution in [3.05, 3.63) is 90.3 Å². The summed E-state index contributed by atoms with van der Waals surface area (Å²) in [7, 11) is 2.10. The lowest BCUT2D eigenvalue weighted by Crippen LogP contribution is -2.34. The van der Waals surface area contributed by atoms with Crippen LogP contribution in [0.15, 0.2) is 79.0 Å². The maximum absolute atomic E-state index is 5.00. The second-order valence-corrected chi connectivity index (χ2v) is 7.31. The molecule has 3 nitrogen and oxygen atoms in total. The third-order valence-corrected chi connectivity index (χ3v) is 5.62. The van der Waals surface area contributed by atoms with E-state index < -0.39 is 0 Å². The fourth-order valence-electron chi connectivity index (χ4n) is 4.14. The first-order valence-corrected chi connectivity index (χ1v) is 9.57. The summed E-state index contributed by atoms with van der Waals surface area (Å²) in [5, 5.41) is 2.46. The molecule has 5 aromatic rings. The highest BCUT2D eigenvalue weighted by atomic mass is 15.1. The van der Waals surface area contributed by atoms with Gasteiger partial charge in [0, 0.05) is 43.3 Å². The molecular formula is C25H22N3+. The van der Waals surface area contributed by atoms with E-state index in [1.807, 2.05) is 6.07 Å². The van der Waals surface area contributed by atoms with Gasteiger partial charge in [-0.05, 0) is 29.8 Å². The van der Waals surface area contributed by atoms with E-state index in [-0.39, 0.29) is 0 Å². The lowest BCUT2D eigenvalue weighted by molar-refractivity contribution is -0.603.